The molecule has 174 valence electrons. The van der Waals surface area contributed by atoms with E-state index in [9.17, 15) is 9.59 Å². The van der Waals surface area contributed by atoms with Crippen LogP contribution in [0.5, 0.6) is 5.75 Å². The topological polar surface area (TPSA) is 98.1 Å². The zero-order chi connectivity index (χ0) is 23.8. The summed E-state index contributed by atoms with van der Waals surface area (Å²) < 4.78 is 7.04. The van der Waals surface area contributed by atoms with Crippen LogP contribution in [0.1, 0.15) is 29.4 Å². The van der Waals surface area contributed by atoms with Crippen molar-refractivity contribution in [3.63, 3.8) is 0 Å². The van der Waals surface area contributed by atoms with Crippen LogP contribution in [0.4, 0.5) is 5.69 Å². The largest absolute Gasteiger partial charge is 0.497 e. The number of hydrogen-bond donors (Lipinski definition) is 2. The van der Waals surface area contributed by atoms with Gasteiger partial charge in [0.1, 0.15) is 5.75 Å². The van der Waals surface area contributed by atoms with Crippen molar-refractivity contribution in [1.82, 2.24) is 20.1 Å². The van der Waals surface area contributed by atoms with Crippen molar-refractivity contribution in [1.29, 1.82) is 0 Å². The van der Waals surface area contributed by atoms with Crippen LogP contribution in [0.15, 0.2) is 47.6 Å². The molecule has 0 unspecified atom stereocenters. The zero-order valence-electron chi connectivity index (χ0n) is 19.3. The highest BCUT2D eigenvalue weighted by atomic mass is 32.2. The maximum absolute atomic E-state index is 12.4. The number of benzene rings is 2. The molecule has 2 aromatic carbocycles. The summed E-state index contributed by atoms with van der Waals surface area (Å²) in [6.45, 7) is 6.84. The number of aromatic nitrogens is 3. The molecule has 0 fully saturated rings. The number of aryl methyl sites for hydroxylation is 2. The van der Waals surface area contributed by atoms with Crippen molar-refractivity contribution >= 4 is 29.3 Å². The summed E-state index contributed by atoms with van der Waals surface area (Å²) in [7, 11) is 1.61. The lowest BCUT2D eigenvalue weighted by Crippen LogP contribution is -2.26. The number of carbonyl (C=O) groups is 2. The first-order valence-corrected chi connectivity index (χ1v) is 11.7. The van der Waals surface area contributed by atoms with Gasteiger partial charge in [-0.2, -0.15) is 0 Å². The van der Waals surface area contributed by atoms with Crippen molar-refractivity contribution in [3.8, 4) is 5.75 Å². The minimum atomic E-state index is -0.104. The fourth-order valence-corrected chi connectivity index (χ4v) is 4.05. The van der Waals surface area contributed by atoms with Crippen LogP contribution < -0.4 is 15.4 Å². The first-order valence-electron chi connectivity index (χ1n) is 10.7. The number of nitrogens with one attached hydrogen (secondary N) is 2. The monoisotopic (exact) mass is 467 g/mol. The summed E-state index contributed by atoms with van der Waals surface area (Å²) >= 11 is 1.32. The van der Waals surface area contributed by atoms with Gasteiger partial charge in [-0.1, -0.05) is 36.0 Å². The predicted molar refractivity (Wildman–Crippen MR) is 130 cm³/mol. The molecule has 0 bridgehead atoms. The van der Waals surface area contributed by atoms with Gasteiger partial charge in [0.05, 0.1) is 25.8 Å². The number of thioether (sulfide) groups is 1. The van der Waals surface area contributed by atoms with Gasteiger partial charge in [0.15, 0.2) is 11.0 Å². The van der Waals surface area contributed by atoms with Crippen LogP contribution in [0.25, 0.3) is 0 Å². The fourth-order valence-electron chi connectivity index (χ4n) is 3.23. The van der Waals surface area contributed by atoms with Crippen LogP contribution in [0, 0.1) is 13.8 Å². The van der Waals surface area contributed by atoms with Crippen LogP contribution >= 0.6 is 11.8 Å². The number of nitrogens with zero attached hydrogens (tertiary/aromatic N) is 3. The van der Waals surface area contributed by atoms with Gasteiger partial charge in [0.2, 0.25) is 11.8 Å². The SMILES string of the molecule is CCn1c(CNC(=O)Cc2ccc(OC)cc2)nnc1SCC(=O)Nc1cc(C)ccc1C. The third kappa shape index (κ3) is 6.82. The minimum absolute atomic E-state index is 0.103. The summed E-state index contributed by atoms with van der Waals surface area (Å²) in [5.74, 6) is 1.41. The molecule has 0 saturated carbocycles. The van der Waals surface area contributed by atoms with Gasteiger partial charge in [-0.3, -0.25) is 9.59 Å². The lowest BCUT2D eigenvalue weighted by Gasteiger charge is -2.10. The highest BCUT2D eigenvalue weighted by Crippen LogP contribution is 2.20. The first-order chi connectivity index (χ1) is 15.9. The number of amides is 2. The Morgan fingerprint density at radius 3 is 2.52 bits per heavy atom. The second-order valence-corrected chi connectivity index (χ2v) is 8.54. The number of anilines is 1. The number of carbonyl (C=O) groups excluding carboxylic acids is 2. The third-order valence-electron chi connectivity index (χ3n) is 5.08. The average Bonchev–Trinajstić information content (AvgIpc) is 3.21. The Morgan fingerprint density at radius 2 is 1.82 bits per heavy atom. The Bertz CT molecular complexity index is 1110. The summed E-state index contributed by atoms with van der Waals surface area (Å²) in [4.78, 5) is 24.8. The Morgan fingerprint density at radius 1 is 1.06 bits per heavy atom. The molecule has 2 N–H and O–H groups in total. The van der Waals surface area contributed by atoms with E-state index < -0.39 is 0 Å². The quantitative estimate of drug-likeness (QED) is 0.443. The Balaban J connectivity index is 1.52. The van der Waals surface area contributed by atoms with Crippen molar-refractivity contribution in [3.05, 3.63) is 65.0 Å². The molecule has 0 aliphatic heterocycles. The smallest absolute Gasteiger partial charge is 0.234 e. The highest BCUT2D eigenvalue weighted by molar-refractivity contribution is 7.99. The van der Waals surface area contributed by atoms with E-state index in [2.05, 4.69) is 20.8 Å². The lowest BCUT2D eigenvalue weighted by atomic mass is 10.1. The van der Waals surface area contributed by atoms with Gasteiger partial charge in [-0.05, 0) is 55.7 Å². The molecule has 1 aromatic heterocycles. The highest BCUT2D eigenvalue weighted by Gasteiger charge is 2.15. The Hall–Kier alpha value is -3.33. The fraction of sp³-hybridized carbons (Fsp3) is 0.333. The molecular formula is C24H29N5O3S. The van der Waals surface area contributed by atoms with Gasteiger partial charge in [0.25, 0.3) is 0 Å². The maximum atomic E-state index is 12.4. The second-order valence-electron chi connectivity index (χ2n) is 7.60. The van der Waals surface area contributed by atoms with E-state index in [1.165, 1.54) is 11.8 Å². The second kappa shape index (κ2) is 11.5. The average molecular weight is 468 g/mol. The molecule has 0 aliphatic carbocycles. The van der Waals surface area contributed by atoms with E-state index in [-0.39, 0.29) is 30.5 Å². The van der Waals surface area contributed by atoms with E-state index in [4.69, 9.17) is 4.74 Å². The van der Waals surface area contributed by atoms with E-state index in [0.717, 1.165) is 28.1 Å². The van der Waals surface area contributed by atoms with E-state index in [1.807, 2.05) is 67.8 Å². The summed E-state index contributed by atoms with van der Waals surface area (Å²) in [6, 6.07) is 13.4. The summed E-state index contributed by atoms with van der Waals surface area (Å²) in [5, 5.41) is 14.9. The molecule has 0 atom stereocenters. The van der Waals surface area contributed by atoms with Crippen molar-refractivity contribution in [2.45, 2.75) is 45.4 Å². The molecule has 0 aliphatic rings. The van der Waals surface area contributed by atoms with Gasteiger partial charge in [-0.15, -0.1) is 10.2 Å². The predicted octanol–water partition coefficient (Wildman–Crippen LogP) is 3.51. The molecule has 8 nitrogen and oxygen atoms in total. The van der Waals surface area contributed by atoms with Crippen molar-refractivity contribution in [2.75, 3.05) is 18.2 Å². The van der Waals surface area contributed by atoms with Crippen molar-refractivity contribution in [2.24, 2.45) is 0 Å². The molecule has 0 saturated heterocycles. The molecule has 3 rings (SSSR count). The third-order valence-corrected chi connectivity index (χ3v) is 6.04. The Kier molecular flexibility index (Phi) is 8.48. The van der Waals surface area contributed by atoms with Crippen molar-refractivity contribution < 1.29 is 14.3 Å². The molecule has 0 radical (unpaired) electrons. The van der Waals surface area contributed by atoms with Gasteiger partial charge < -0.3 is 19.9 Å². The van der Waals surface area contributed by atoms with E-state index >= 15 is 0 Å². The molecule has 0 spiro atoms. The van der Waals surface area contributed by atoms with Gasteiger partial charge >= 0.3 is 0 Å². The number of methoxy groups -OCH3 is 1. The standard InChI is InChI=1S/C24H29N5O3S/c1-5-29-21(14-25-22(30)13-18-8-10-19(32-4)11-9-18)27-28-24(29)33-15-23(31)26-20-12-16(2)6-7-17(20)3/h6-12H,5,13-15H2,1-4H3,(H,25,30)(H,26,31). The number of ether oxygens (including phenoxy) is 1. The van der Waals surface area contributed by atoms with E-state index in [0.29, 0.717) is 17.5 Å². The Labute approximate surface area is 198 Å². The maximum Gasteiger partial charge on any atom is 0.234 e. The summed E-state index contributed by atoms with van der Waals surface area (Å²) in [6.07, 6.45) is 0.268. The van der Waals surface area contributed by atoms with Crippen LogP contribution in [-0.4, -0.2) is 39.4 Å². The van der Waals surface area contributed by atoms with E-state index in [1.54, 1.807) is 7.11 Å². The molecule has 33 heavy (non-hydrogen) atoms. The molecule has 3 aromatic rings. The molecule has 2 amide bonds. The summed E-state index contributed by atoms with van der Waals surface area (Å²) in [5.41, 5.74) is 3.82. The zero-order valence-corrected chi connectivity index (χ0v) is 20.2. The normalized spacial score (nSPS) is 10.7. The lowest BCUT2D eigenvalue weighted by molar-refractivity contribution is -0.120. The van der Waals surface area contributed by atoms with Gasteiger partial charge in [-0.25, -0.2) is 0 Å². The van der Waals surface area contributed by atoms with Crippen LogP contribution in [0.2, 0.25) is 0 Å². The van der Waals surface area contributed by atoms with Crippen LogP contribution in [-0.2, 0) is 29.1 Å². The molecular weight excluding hydrogens is 438 g/mol. The van der Waals surface area contributed by atoms with Crippen LogP contribution in [0.3, 0.4) is 0 Å². The minimum Gasteiger partial charge on any atom is -0.497 e. The number of hydrogen-bond acceptors (Lipinski definition) is 6. The molecule has 9 heteroatoms. The van der Waals surface area contributed by atoms with Gasteiger partial charge in [0, 0.05) is 12.2 Å². The first kappa shape index (κ1) is 24.3. The number of rotatable bonds is 10. The molecule has 1 heterocycles.